The van der Waals surface area contributed by atoms with Gasteiger partial charge in [-0.15, -0.1) is 0 Å². The van der Waals surface area contributed by atoms with Crippen LogP contribution in [0.4, 0.5) is 5.69 Å². The van der Waals surface area contributed by atoms with E-state index in [1.807, 2.05) is 0 Å². The molecule has 0 bridgehead atoms. The number of phenols is 1. The van der Waals surface area contributed by atoms with Gasteiger partial charge in [-0.25, -0.2) is 13.2 Å². The summed E-state index contributed by atoms with van der Waals surface area (Å²) in [6.07, 6.45) is 1.06. The van der Waals surface area contributed by atoms with E-state index >= 15 is 0 Å². The Labute approximate surface area is 147 Å². The number of phenolic OH excluding ortho intramolecular Hbond substituents is 1. The predicted molar refractivity (Wildman–Crippen MR) is 92.2 cm³/mol. The van der Waals surface area contributed by atoms with Crippen molar-refractivity contribution in [3.63, 3.8) is 0 Å². The molecule has 0 spiro atoms. The number of sulfonamides is 1. The second kappa shape index (κ2) is 9.05. The minimum absolute atomic E-state index is 0.0143. The number of nitrogens with one attached hydrogen (secondary N) is 1. The smallest absolute Gasteiger partial charge is 0.350 e. The monoisotopic (exact) mass is 367 g/mol. The summed E-state index contributed by atoms with van der Waals surface area (Å²) in [5, 5.41) is 21.4. The quantitative estimate of drug-likeness (QED) is 0.311. The molecule has 0 amide bonds. The van der Waals surface area contributed by atoms with Crippen molar-refractivity contribution in [2.75, 3.05) is 25.0 Å². The van der Waals surface area contributed by atoms with Gasteiger partial charge in [0.25, 0.3) is 0 Å². The predicted octanol–water partition coefficient (Wildman–Crippen LogP) is 1.81. The Kier molecular flexibility index (Phi) is 7.42. The summed E-state index contributed by atoms with van der Waals surface area (Å²) in [5.41, 5.74) is -0.261. The van der Waals surface area contributed by atoms with E-state index in [4.69, 9.17) is 10.00 Å². The number of carbonyl (C=O) groups is 1. The molecule has 0 aromatic heterocycles. The zero-order chi connectivity index (χ0) is 19.0. The molecule has 2 N–H and O–H groups in total. The number of rotatable bonds is 8. The maximum atomic E-state index is 12.5. The standard InChI is InChI=1S/C16H21N3O5S/c1-4-19(5-2)25(22,23)13-7-8-15(20)14(9-13)18-11-12(10-17)16(21)24-6-3/h7-9,11,18,20H,4-6H2,1-3H3/b12-11+. The first-order valence-electron chi connectivity index (χ1n) is 7.68. The number of hydrogen-bond acceptors (Lipinski definition) is 7. The summed E-state index contributed by atoms with van der Waals surface area (Å²) in [4.78, 5) is 11.5. The molecule has 0 aliphatic carbocycles. The molecule has 1 rings (SSSR count). The highest BCUT2D eigenvalue weighted by molar-refractivity contribution is 7.89. The topological polar surface area (TPSA) is 120 Å². The molecule has 136 valence electrons. The van der Waals surface area contributed by atoms with Crippen molar-refractivity contribution in [2.45, 2.75) is 25.7 Å². The van der Waals surface area contributed by atoms with E-state index in [1.165, 1.54) is 22.5 Å². The molecule has 1 aromatic carbocycles. The molecule has 8 nitrogen and oxygen atoms in total. The fraction of sp³-hybridized carbons (Fsp3) is 0.375. The summed E-state index contributed by atoms with van der Waals surface area (Å²) < 4.78 is 31.0. The van der Waals surface area contributed by atoms with Gasteiger partial charge in [-0.3, -0.25) is 0 Å². The van der Waals surface area contributed by atoms with Crippen LogP contribution in [0.5, 0.6) is 5.75 Å². The highest BCUT2D eigenvalue weighted by atomic mass is 32.2. The lowest BCUT2D eigenvalue weighted by Crippen LogP contribution is -2.30. The van der Waals surface area contributed by atoms with E-state index in [0.29, 0.717) is 13.1 Å². The Morgan fingerprint density at radius 1 is 1.36 bits per heavy atom. The van der Waals surface area contributed by atoms with Crippen LogP contribution in [-0.2, 0) is 19.6 Å². The molecule has 1 aromatic rings. The van der Waals surface area contributed by atoms with Gasteiger partial charge in [0.05, 0.1) is 17.2 Å². The van der Waals surface area contributed by atoms with Crippen LogP contribution in [0.3, 0.4) is 0 Å². The van der Waals surface area contributed by atoms with E-state index in [1.54, 1.807) is 26.8 Å². The van der Waals surface area contributed by atoms with E-state index in [-0.39, 0.29) is 28.5 Å². The van der Waals surface area contributed by atoms with Crippen molar-refractivity contribution in [2.24, 2.45) is 0 Å². The van der Waals surface area contributed by atoms with Gasteiger partial charge in [-0.2, -0.15) is 9.57 Å². The highest BCUT2D eigenvalue weighted by Crippen LogP contribution is 2.28. The third-order valence-corrected chi connectivity index (χ3v) is 5.34. The van der Waals surface area contributed by atoms with E-state index in [9.17, 15) is 18.3 Å². The first kappa shape index (κ1) is 20.5. The van der Waals surface area contributed by atoms with Gasteiger partial charge in [0.2, 0.25) is 10.0 Å². The number of carbonyl (C=O) groups excluding carboxylic acids is 1. The summed E-state index contributed by atoms with van der Waals surface area (Å²) in [6, 6.07) is 5.42. The van der Waals surface area contributed by atoms with Crippen LogP contribution in [0.25, 0.3) is 0 Å². The Hall–Kier alpha value is -2.57. The number of esters is 1. The molecule has 0 aliphatic rings. The van der Waals surface area contributed by atoms with Gasteiger partial charge in [0, 0.05) is 19.3 Å². The number of ether oxygens (including phenoxy) is 1. The summed E-state index contributed by atoms with van der Waals surface area (Å²) >= 11 is 0. The van der Waals surface area contributed by atoms with Gasteiger partial charge in [-0.1, -0.05) is 13.8 Å². The number of nitrogens with zero attached hydrogens (tertiary/aromatic N) is 2. The lowest BCUT2D eigenvalue weighted by molar-refractivity contribution is -0.138. The fourth-order valence-corrected chi connectivity index (χ4v) is 3.48. The van der Waals surface area contributed by atoms with Crippen molar-refractivity contribution < 1.29 is 23.1 Å². The molecule has 0 unspecified atom stereocenters. The molecule has 0 atom stereocenters. The molecule has 0 saturated carbocycles. The summed E-state index contributed by atoms with van der Waals surface area (Å²) in [7, 11) is -3.70. The van der Waals surface area contributed by atoms with Crippen molar-refractivity contribution in [1.82, 2.24) is 4.31 Å². The maximum Gasteiger partial charge on any atom is 0.350 e. The Bertz CT molecular complexity index is 792. The van der Waals surface area contributed by atoms with Crippen LogP contribution >= 0.6 is 0 Å². The van der Waals surface area contributed by atoms with Crippen LogP contribution in [-0.4, -0.2) is 43.5 Å². The molecule has 0 radical (unpaired) electrons. The normalized spacial score (nSPS) is 11.9. The van der Waals surface area contributed by atoms with Crippen LogP contribution in [0.15, 0.2) is 34.9 Å². The second-order valence-corrected chi connectivity index (χ2v) is 6.74. The number of benzene rings is 1. The minimum Gasteiger partial charge on any atom is -0.506 e. The third-order valence-electron chi connectivity index (χ3n) is 3.30. The molecule has 0 fully saturated rings. The largest absolute Gasteiger partial charge is 0.506 e. The van der Waals surface area contributed by atoms with Crippen molar-refractivity contribution in [3.05, 3.63) is 30.0 Å². The van der Waals surface area contributed by atoms with Crippen molar-refractivity contribution in [3.8, 4) is 11.8 Å². The average Bonchev–Trinajstić information content (AvgIpc) is 2.57. The van der Waals surface area contributed by atoms with Gasteiger partial charge in [0.15, 0.2) is 5.57 Å². The van der Waals surface area contributed by atoms with Crippen molar-refractivity contribution in [1.29, 1.82) is 5.26 Å². The lowest BCUT2D eigenvalue weighted by atomic mass is 10.2. The molecule has 0 heterocycles. The van der Waals surface area contributed by atoms with Crippen LogP contribution in [0.1, 0.15) is 20.8 Å². The van der Waals surface area contributed by atoms with Gasteiger partial charge >= 0.3 is 5.97 Å². The Morgan fingerprint density at radius 3 is 2.52 bits per heavy atom. The first-order chi connectivity index (χ1) is 11.8. The summed E-state index contributed by atoms with van der Waals surface area (Å²) in [5.74, 6) is -1.04. The third kappa shape index (κ3) is 4.95. The highest BCUT2D eigenvalue weighted by Gasteiger charge is 2.22. The number of nitriles is 1. The first-order valence-corrected chi connectivity index (χ1v) is 9.12. The second-order valence-electron chi connectivity index (χ2n) is 4.80. The Morgan fingerprint density at radius 2 is 2.00 bits per heavy atom. The minimum atomic E-state index is -3.70. The number of anilines is 1. The summed E-state index contributed by atoms with van der Waals surface area (Å²) in [6.45, 7) is 5.78. The SMILES string of the molecule is CCOC(=O)/C(C#N)=C/Nc1cc(S(=O)(=O)N(CC)CC)ccc1O. The lowest BCUT2D eigenvalue weighted by Gasteiger charge is -2.19. The van der Waals surface area contributed by atoms with Crippen LogP contribution < -0.4 is 5.32 Å². The average molecular weight is 367 g/mol. The molecule has 25 heavy (non-hydrogen) atoms. The zero-order valence-corrected chi connectivity index (χ0v) is 15.1. The zero-order valence-electron chi connectivity index (χ0n) is 14.3. The van der Waals surface area contributed by atoms with Crippen molar-refractivity contribution >= 4 is 21.7 Å². The Balaban J connectivity index is 3.19. The van der Waals surface area contributed by atoms with Gasteiger partial charge in [-0.05, 0) is 25.1 Å². The molecule has 9 heteroatoms. The fourth-order valence-electron chi connectivity index (χ4n) is 2.00. The molecular formula is C16H21N3O5S. The number of aromatic hydroxyl groups is 1. The van der Waals surface area contributed by atoms with Gasteiger partial charge in [0.1, 0.15) is 11.8 Å². The van der Waals surface area contributed by atoms with E-state index in [2.05, 4.69) is 5.32 Å². The van der Waals surface area contributed by atoms with E-state index < -0.39 is 16.0 Å². The van der Waals surface area contributed by atoms with Gasteiger partial charge < -0.3 is 15.2 Å². The number of hydrogen-bond donors (Lipinski definition) is 2. The van der Waals surface area contributed by atoms with Crippen LogP contribution in [0, 0.1) is 11.3 Å². The molecule has 0 saturated heterocycles. The van der Waals surface area contributed by atoms with Crippen LogP contribution in [0.2, 0.25) is 0 Å². The van der Waals surface area contributed by atoms with E-state index in [0.717, 1.165) is 6.20 Å². The molecule has 0 aliphatic heterocycles. The molecular weight excluding hydrogens is 346 g/mol. The maximum absolute atomic E-state index is 12.5.